The number of primary amides is 1. The van der Waals surface area contributed by atoms with Crippen LogP contribution >= 0.6 is 0 Å². The molecule has 0 radical (unpaired) electrons. The normalized spacial score (nSPS) is 17.6. The van der Waals surface area contributed by atoms with E-state index in [2.05, 4.69) is 20.5 Å². The largest absolute Gasteiger partial charge is 0.436 e. The van der Waals surface area contributed by atoms with Crippen molar-refractivity contribution in [2.24, 2.45) is 11.7 Å². The Hall–Kier alpha value is -4.70. The van der Waals surface area contributed by atoms with E-state index in [1.54, 1.807) is 26.0 Å². The maximum absolute atomic E-state index is 13.4. The standard InChI is InChI=1S/C33H36FN5O4/c1-20(2)30(43-33(35)42)32(41)37-26-16-27(39(19-26)18-21-6-4-3-5-7-21)17-36-31(40)29-15-24-9-8-23(14-28(24)38-29)22-10-12-25(34)13-11-22/h3-15,20,26-27,30,38H,16-19H2,1-2H3,(H2,35,42)(H,36,40)(H,37,41)/t26-,27-,30+/m0/s1. The van der Waals surface area contributed by atoms with Gasteiger partial charge in [0, 0.05) is 42.6 Å². The molecule has 9 nitrogen and oxygen atoms in total. The quantitative estimate of drug-likeness (QED) is 0.217. The number of carbonyl (C=O) groups excluding carboxylic acids is 3. The van der Waals surface area contributed by atoms with Gasteiger partial charge in [0.05, 0.1) is 0 Å². The first-order valence-electron chi connectivity index (χ1n) is 14.4. The summed E-state index contributed by atoms with van der Waals surface area (Å²) < 4.78 is 18.4. The minimum absolute atomic E-state index is 0.0431. The molecule has 1 fully saturated rings. The first kappa shape index (κ1) is 29.8. The molecule has 1 saturated heterocycles. The molecule has 0 unspecified atom stereocenters. The number of fused-ring (bicyclic) bond motifs is 1. The van der Waals surface area contributed by atoms with Gasteiger partial charge in [0.2, 0.25) is 0 Å². The Morgan fingerprint density at radius 1 is 1.02 bits per heavy atom. The fraction of sp³-hybridized carbons (Fsp3) is 0.303. The molecular formula is C33H36FN5O4. The Balaban J connectivity index is 1.26. The Bertz CT molecular complexity index is 1590. The van der Waals surface area contributed by atoms with Gasteiger partial charge < -0.3 is 26.1 Å². The van der Waals surface area contributed by atoms with Gasteiger partial charge in [-0.15, -0.1) is 0 Å². The molecule has 43 heavy (non-hydrogen) atoms. The lowest BCUT2D eigenvalue weighted by Crippen LogP contribution is -2.46. The molecule has 2 heterocycles. The molecule has 4 aromatic rings. The van der Waals surface area contributed by atoms with Gasteiger partial charge in [-0.1, -0.05) is 68.4 Å². The highest BCUT2D eigenvalue weighted by atomic mass is 19.1. The third-order valence-electron chi connectivity index (χ3n) is 7.75. The van der Waals surface area contributed by atoms with E-state index >= 15 is 0 Å². The summed E-state index contributed by atoms with van der Waals surface area (Å²) in [7, 11) is 0. The molecule has 3 amide bonds. The van der Waals surface area contributed by atoms with Crippen LogP contribution in [0.2, 0.25) is 0 Å². The van der Waals surface area contributed by atoms with Crippen molar-refractivity contribution in [3.05, 3.63) is 95.9 Å². The van der Waals surface area contributed by atoms with Gasteiger partial charge in [0.15, 0.2) is 6.10 Å². The third-order valence-corrected chi connectivity index (χ3v) is 7.75. The molecule has 10 heteroatoms. The van der Waals surface area contributed by atoms with Crippen molar-refractivity contribution < 1.29 is 23.5 Å². The maximum Gasteiger partial charge on any atom is 0.405 e. The van der Waals surface area contributed by atoms with Crippen LogP contribution in [0.5, 0.6) is 0 Å². The van der Waals surface area contributed by atoms with E-state index in [1.165, 1.54) is 12.1 Å². The summed E-state index contributed by atoms with van der Waals surface area (Å²) in [4.78, 5) is 43.0. The van der Waals surface area contributed by atoms with Gasteiger partial charge in [-0.05, 0) is 53.3 Å². The minimum Gasteiger partial charge on any atom is -0.436 e. The first-order valence-corrected chi connectivity index (χ1v) is 14.4. The molecule has 0 spiro atoms. The number of hydrogen-bond acceptors (Lipinski definition) is 5. The average molecular weight is 586 g/mol. The Kier molecular flexibility index (Phi) is 9.06. The highest BCUT2D eigenvalue weighted by Crippen LogP contribution is 2.26. The number of halogens is 1. The summed E-state index contributed by atoms with van der Waals surface area (Å²) in [6.07, 6.45) is -1.37. The number of hydrogen-bond donors (Lipinski definition) is 4. The van der Waals surface area contributed by atoms with Gasteiger partial charge in [-0.25, -0.2) is 9.18 Å². The SMILES string of the molecule is CC(C)[C@@H](OC(N)=O)C(=O)N[C@H]1C[C@@H](CNC(=O)c2cc3ccc(-c4ccc(F)cc4)cc3[nH]2)N(Cc2ccccc2)C1. The topological polar surface area (TPSA) is 130 Å². The van der Waals surface area contributed by atoms with E-state index in [0.29, 0.717) is 31.7 Å². The molecule has 1 aliphatic rings. The van der Waals surface area contributed by atoms with Gasteiger partial charge in [0.1, 0.15) is 11.5 Å². The number of rotatable bonds is 10. The second-order valence-corrected chi connectivity index (χ2v) is 11.3. The van der Waals surface area contributed by atoms with Crippen LogP contribution in [0.15, 0.2) is 78.9 Å². The summed E-state index contributed by atoms with van der Waals surface area (Å²) in [5.41, 5.74) is 9.34. The summed E-state index contributed by atoms with van der Waals surface area (Å²) >= 11 is 0. The fourth-order valence-corrected chi connectivity index (χ4v) is 5.59. The number of aromatic amines is 1. The number of aromatic nitrogens is 1. The second kappa shape index (κ2) is 13.1. The van der Waals surface area contributed by atoms with Gasteiger partial charge in [0.25, 0.3) is 11.8 Å². The summed E-state index contributed by atoms with van der Waals surface area (Å²) in [5.74, 6) is -1.16. The van der Waals surface area contributed by atoms with Crippen molar-refractivity contribution in [1.29, 1.82) is 0 Å². The van der Waals surface area contributed by atoms with Crippen LogP contribution in [0.4, 0.5) is 9.18 Å². The second-order valence-electron chi connectivity index (χ2n) is 11.3. The molecular weight excluding hydrogens is 549 g/mol. The Morgan fingerprint density at radius 3 is 2.44 bits per heavy atom. The van der Waals surface area contributed by atoms with E-state index in [9.17, 15) is 18.8 Å². The molecule has 1 aromatic heterocycles. The molecule has 3 aromatic carbocycles. The molecule has 0 bridgehead atoms. The smallest absolute Gasteiger partial charge is 0.405 e. The Morgan fingerprint density at radius 2 is 1.74 bits per heavy atom. The number of H-pyrrole nitrogens is 1. The lowest BCUT2D eigenvalue weighted by atomic mass is 10.0. The van der Waals surface area contributed by atoms with Crippen molar-refractivity contribution in [2.45, 2.75) is 45.0 Å². The van der Waals surface area contributed by atoms with Crippen molar-refractivity contribution in [1.82, 2.24) is 20.5 Å². The monoisotopic (exact) mass is 585 g/mol. The Labute approximate surface area is 249 Å². The van der Waals surface area contributed by atoms with Crippen molar-refractivity contribution in [3.63, 3.8) is 0 Å². The first-order chi connectivity index (χ1) is 20.7. The van der Waals surface area contributed by atoms with Gasteiger partial charge >= 0.3 is 6.09 Å². The number of nitrogens with zero attached hydrogens (tertiary/aromatic N) is 1. The molecule has 5 rings (SSSR count). The minimum atomic E-state index is -0.991. The maximum atomic E-state index is 13.4. The van der Waals surface area contributed by atoms with E-state index in [-0.39, 0.29) is 35.6 Å². The van der Waals surface area contributed by atoms with Gasteiger partial charge in [-0.2, -0.15) is 0 Å². The van der Waals surface area contributed by atoms with Crippen LogP contribution < -0.4 is 16.4 Å². The van der Waals surface area contributed by atoms with Gasteiger partial charge in [-0.3, -0.25) is 14.5 Å². The van der Waals surface area contributed by atoms with E-state index in [4.69, 9.17) is 10.5 Å². The van der Waals surface area contributed by atoms with E-state index in [0.717, 1.165) is 27.6 Å². The van der Waals surface area contributed by atoms with E-state index in [1.807, 2.05) is 54.6 Å². The predicted molar refractivity (Wildman–Crippen MR) is 163 cm³/mol. The van der Waals surface area contributed by atoms with Crippen molar-refractivity contribution >= 4 is 28.8 Å². The zero-order chi connectivity index (χ0) is 30.5. The number of benzene rings is 3. The number of likely N-dealkylation sites (tertiary alicyclic amines) is 1. The van der Waals surface area contributed by atoms with Crippen molar-refractivity contribution in [3.8, 4) is 11.1 Å². The predicted octanol–water partition coefficient (Wildman–Crippen LogP) is 4.58. The fourth-order valence-electron chi connectivity index (χ4n) is 5.59. The van der Waals surface area contributed by atoms with Crippen molar-refractivity contribution in [2.75, 3.05) is 13.1 Å². The van der Waals surface area contributed by atoms with Crippen LogP contribution in [-0.4, -0.2) is 59.1 Å². The summed E-state index contributed by atoms with van der Waals surface area (Å²) in [5, 5.41) is 6.97. The number of nitrogens with one attached hydrogen (secondary N) is 3. The lowest BCUT2D eigenvalue weighted by Gasteiger charge is -2.24. The molecule has 3 atom stereocenters. The van der Waals surface area contributed by atoms with Crippen LogP contribution in [0, 0.1) is 11.7 Å². The molecule has 5 N–H and O–H groups in total. The van der Waals surface area contributed by atoms with E-state index < -0.39 is 12.2 Å². The van der Waals surface area contributed by atoms with Crippen LogP contribution in [0.1, 0.15) is 36.3 Å². The van der Waals surface area contributed by atoms with Crippen LogP contribution in [-0.2, 0) is 16.1 Å². The third kappa shape index (κ3) is 7.39. The number of carbonyl (C=O) groups is 3. The zero-order valence-corrected chi connectivity index (χ0v) is 24.2. The highest BCUT2D eigenvalue weighted by molar-refractivity contribution is 5.98. The number of nitrogens with two attached hydrogens (primary N) is 1. The van der Waals surface area contributed by atoms with Crippen LogP contribution in [0.25, 0.3) is 22.0 Å². The molecule has 0 aliphatic carbocycles. The van der Waals surface area contributed by atoms with Crippen LogP contribution in [0.3, 0.4) is 0 Å². The average Bonchev–Trinajstić information content (AvgIpc) is 3.58. The lowest BCUT2D eigenvalue weighted by molar-refractivity contribution is -0.132. The zero-order valence-electron chi connectivity index (χ0n) is 24.2. The molecule has 1 aliphatic heterocycles. The highest BCUT2D eigenvalue weighted by Gasteiger charge is 2.35. The number of ether oxygens (including phenoxy) is 1. The molecule has 0 saturated carbocycles. The molecule has 224 valence electrons. The summed E-state index contributed by atoms with van der Waals surface area (Å²) in [6.45, 7) is 5.17. The number of amides is 3. The summed E-state index contributed by atoms with van der Waals surface area (Å²) in [6, 6.07) is 23.7.